The second-order valence-electron chi connectivity index (χ2n) is 5.25. The van der Waals surface area contributed by atoms with E-state index >= 15 is 0 Å². The molecule has 1 aromatic rings. The first-order chi connectivity index (χ1) is 10.2. The predicted molar refractivity (Wildman–Crippen MR) is 82.4 cm³/mol. The van der Waals surface area contributed by atoms with E-state index in [0.29, 0.717) is 12.4 Å². The Morgan fingerprint density at radius 2 is 2.10 bits per heavy atom. The quantitative estimate of drug-likeness (QED) is 0.834. The summed E-state index contributed by atoms with van der Waals surface area (Å²) in [6, 6.07) is 3.71. The molecule has 0 spiro atoms. The Morgan fingerprint density at radius 1 is 1.33 bits per heavy atom. The molecule has 0 aromatic carbocycles. The first kappa shape index (κ1) is 15.7. The minimum Gasteiger partial charge on any atom is -0.368 e. The van der Waals surface area contributed by atoms with E-state index in [1.54, 1.807) is 6.07 Å². The van der Waals surface area contributed by atoms with Gasteiger partial charge in [-0.15, -0.1) is 10.2 Å². The van der Waals surface area contributed by atoms with E-state index in [0.717, 1.165) is 44.6 Å². The van der Waals surface area contributed by atoms with Crippen LogP contribution in [0.15, 0.2) is 12.1 Å². The maximum Gasteiger partial charge on any atom is 0.254 e. The number of anilines is 2. The lowest BCUT2D eigenvalue weighted by atomic mass is 10.2. The molecule has 2 heterocycles. The summed E-state index contributed by atoms with van der Waals surface area (Å²) in [5.41, 5.74) is 0. The molecule has 6 nitrogen and oxygen atoms in total. The number of aromatic nitrogens is 2. The fraction of sp³-hybridized carbons (Fsp3) is 0.667. The summed E-state index contributed by atoms with van der Waals surface area (Å²) < 4.78 is 5.34. The van der Waals surface area contributed by atoms with Crippen LogP contribution in [-0.4, -0.2) is 41.9 Å². The van der Waals surface area contributed by atoms with Gasteiger partial charge >= 0.3 is 0 Å². The molecule has 1 aliphatic rings. The molecule has 0 aliphatic carbocycles. The number of nitrogens with zero attached hydrogens (tertiary/aromatic N) is 3. The van der Waals surface area contributed by atoms with E-state index in [2.05, 4.69) is 34.3 Å². The number of hydrogen-bond acceptors (Lipinski definition) is 5. The highest BCUT2D eigenvalue weighted by Crippen LogP contribution is 2.16. The van der Waals surface area contributed by atoms with Gasteiger partial charge in [-0.1, -0.05) is 13.8 Å². The number of amides is 1. The van der Waals surface area contributed by atoms with Crippen LogP contribution in [0.1, 0.15) is 39.5 Å². The van der Waals surface area contributed by atoms with E-state index in [1.807, 2.05) is 6.07 Å². The van der Waals surface area contributed by atoms with Crippen LogP contribution in [0.25, 0.3) is 0 Å². The fourth-order valence-corrected chi connectivity index (χ4v) is 2.43. The average molecular weight is 292 g/mol. The molecule has 1 amide bonds. The molecule has 1 aromatic heterocycles. The number of ether oxygens (including phenoxy) is 1. The lowest BCUT2D eigenvalue weighted by molar-refractivity contribution is -0.124. The van der Waals surface area contributed by atoms with Crippen LogP contribution < -0.4 is 10.2 Å². The molecule has 2 rings (SSSR count). The molecule has 6 heteroatoms. The van der Waals surface area contributed by atoms with Gasteiger partial charge in [-0.25, -0.2) is 0 Å². The zero-order chi connectivity index (χ0) is 15.1. The van der Waals surface area contributed by atoms with Crippen molar-refractivity contribution < 1.29 is 9.53 Å². The summed E-state index contributed by atoms with van der Waals surface area (Å²) in [5.74, 6) is 1.20. The molecule has 1 atom stereocenters. The molecule has 1 unspecified atom stereocenters. The third kappa shape index (κ3) is 4.39. The summed E-state index contributed by atoms with van der Waals surface area (Å²) >= 11 is 0. The first-order valence-corrected chi connectivity index (χ1v) is 7.75. The van der Waals surface area contributed by atoms with E-state index in [4.69, 9.17) is 4.74 Å². The molecule has 1 saturated heterocycles. The molecule has 1 aliphatic heterocycles. The molecule has 0 bridgehead atoms. The molecule has 116 valence electrons. The summed E-state index contributed by atoms with van der Waals surface area (Å²) in [7, 11) is 0. The standard InChI is InChI=1S/C15H24N4O2/c1-3-9-19(10-4-2)14-8-7-13(17-18-14)16-15(20)12-6-5-11-21-12/h7-8,12H,3-6,9-11H2,1-2H3,(H,16,17,20). The number of carbonyl (C=O) groups is 1. The van der Waals surface area contributed by atoms with Gasteiger partial charge in [-0.3, -0.25) is 4.79 Å². The topological polar surface area (TPSA) is 67.4 Å². The van der Waals surface area contributed by atoms with Crippen LogP contribution in [0, 0.1) is 0 Å². The highest BCUT2D eigenvalue weighted by molar-refractivity contribution is 5.93. The number of nitrogens with one attached hydrogen (secondary N) is 1. The van der Waals surface area contributed by atoms with E-state index in [1.165, 1.54) is 0 Å². The summed E-state index contributed by atoms with van der Waals surface area (Å²) in [5, 5.41) is 11.1. The number of carbonyl (C=O) groups excluding carboxylic acids is 1. The summed E-state index contributed by atoms with van der Waals surface area (Å²) in [4.78, 5) is 14.1. The van der Waals surface area contributed by atoms with E-state index in [9.17, 15) is 4.79 Å². The second kappa shape index (κ2) is 7.93. The Labute approximate surface area is 125 Å². The van der Waals surface area contributed by atoms with Gasteiger partial charge in [0.25, 0.3) is 5.91 Å². The molecule has 0 saturated carbocycles. The van der Waals surface area contributed by atoms with Crippen molar-refractivity contribution in [2.24, 2.45) is 0 Å². The van der Waals surface area contributed by atoms with Gasteiger partial charge in [0.2, 0.25) is 0 Å². The Balaban J connectivity index is 1.95. The van der Waals surface area contributed by atoms with E-state index in [-0.39, 0.29) is 12.0 Å². The minimum atomic E-state index is -0.344. The SMILES string of the molecule is CCCN(CCC)c1ccc(NC(=O)C2CCCO2)nn1. The molecular weight excluding hydrogens is 268 g/mol. The normalized spacial score (nSPS) is 17.7. The largest absolute Gasteiger partial charge is 0.368 e. The highest BCUT2D eigenvalue weighted by Gasteiger charge is 2.23. The Morgan fingerprint density at radius 3 is 2.62 bits per heavy atom. The second-order valence-corrected chi connectivity index (χ2v) is 5.25. The van der Waals surface area contributed by atoms with Crippen LogP contribution in [0.5, 0.6) is 0 Å². The zero-order valence-corrected chi connectivity index (χ0v) is 12.8. The van der Waals surface area contributed by atoms with Crippen LogP contribution in [0.4, 0.5) is 11.6 Å². The summed E-state index contributed by atoms with van der Waals surface area (Å²) in [6.07, 6.45) is 3.51. The van der Waals surface area contributed by atoms with Crippen LogP contribution in [-0.2, 0) is 9.53 Å². The molecular formula is C15H24N4O2. The zero-order valence-electron chi connectivity index (χ0n) is 12.8. The van der Waals surface area contributed by atoms with Gasteiger partial charge < -0.3 is 15.0 Å². The van der Waals surface area contributed by atoms with Gasteiger partial charge in [0.05, 0.1) is 0 Å². The van der Waals surface area contributed by atoms with Crippen LogP contribution in [0.2, 0.25) is 0 Å². The lowest BCUT2D eigenvalue weighted by Gasteiger charge is -2.21. The van der Waals surface area contributed by atoms with Crippen LogP contribution >= 0.6 is 0 Å². The molecule has 1 fully saturated rings. The Bertz CT molecular complexity index is 437. The molecule has 21 heavy (non-hydrogen) atoms. The molecule has 0 radical (unpaired) electrons. The van der Waals surface area contributed by atoms with Crippen LogP contribution in [0.3, 0.4) is 0 Å². The van der Waals surface area contributed by atoms with Gasteiger partial charge in [0.15, 0.2) is 11.6 Å². The minimum absolute atomic E-state index is 0.131. The monoisotopic (exact) mass is 292 g/mol. The van der Waals surface area contributed by atoms with Crippen molar-refractivity contribution in [3.05, 3.63) is 12.1 Å². The third-order valence-corrected chi connectivity index (χ3v) is 3.43. The van der Waals surface area contributed by atoms with Crippen molar-refractivity contribution in [1.29, 1.82) is 0 Å². The predicted octanol–water partition coefficient (Wildman–Crippen LogP) is 2.22. The first-order valence-electron chi connectivity index (χ1n) is 7.75. The number of hydrogen-bond donors (Lipinski definition) is 1. The van der Waals surface area contributed by atoms with Crippen molar-refractivity contribution in [3.63, 3.8) is 0 Å². The third-order valence-electron chi connectivity index (χ3n) is 3.43. The van der Waals surface area contributed by atoms with Crippen molar-refractivity contribution in [2.75, 3.05) is 29.9 Å². The van der Waals surface area contributed by atoms with Gasteiger partial charge in [-0.2, -0.15) is 0 Å². The Kier molecular flexibility index (Phi) is 5.92. The number of rotatable bonds is 7. The smallest absolute Gasteiger partial charge is 0.254 e. The average Bonchev–Trinajstić information content (AvgIpc) is 3.02. The van der Waals surface area contributed by atoms with Crippen molar-refractivity contribution in [1.82, 2.24) is 10.2 Å². The summed E-state index contributed by atoms with van der Waals surface area (Å²) in [6.45, 7) is 6.87. The maximum atomic E-state index is 11.9. The van der Waals surface area contributed by atoms with Gasteiger partial charge in [-0.05, 0) is 37.8 Å². The fourth-order valence-electron chi connectivity index (χ4n) is 2.43. The van der Waals surface area contributed by atoms with Crippen molar-refractivity contribution >= 4 is 17.5 Å². The van der Waals surface area contributed by atoms with Crippen molar-refractivity contribution in [3.8, 4) is 0 Å². The van der Waals surface area contributed by atoms with Gasteiger partial charge in [0, 0.05) is 19.7 Å². The lowest BCUT2D eigenvalue weighted by Crippen LogP contribution is -2.28. The maximum absolute atomic E-state index is 11.9. The highest BCUT2D eigenvalue weighted by atomic mass is 16.5. The molecule has 1 N–H and O–H groups in total. The van der Waals surface area contributed by atoms with E-state index < -0.39 is 0 Å². The Hall–Kier alpha value is -1.69. The van der Waals surface area contributed by atoms with Crippen molar-refractivity contribution in [2.45, 2.75) is 45.6 Å². The van der Waals surface area contributed by atoms with Gasteiger partial charge in [0.1, 0.15) is 6.10 Å².